The molecule has 0 bridgehead atoms. The lowest BCUT2D eigenvalue weighted by Crippen LogP contribution is -2.36. The largest absolute Gasteiger partial charge is 0.422 e. The number of carbonyl (C=O) groups excluding carboxylic acids is 1. The van der Waals surface area contributed by atoms with Gasteiger partial charge < -0.3 is 35.3 Å². The molecular formula is C26H31N9O3. The summed E-state index contributed by atoms with van der Waals surface area (Å²) in [5.41, 5.74) is 8.39. The zero-order chi connectivity index (χ0) is 26.1. The molecule has 0 aromatic carbocycles. The van der Waals surface area contributed by atoms with E-state index in [1.807, 2.05) is 17.0 Å². The molecule has 38 heavy (non-hydrogen) atoms. The maximum atomic E-state index is 13.7. The van der Waals surface area contributed by atoms with E-state index < -0.39 is 0 Å². The molecule has 6 rings (SSSR count). The van der Waals surface area contributed by atoms with Gasteiger partial charge in [0.25, 0.3) is 11.9 Å². The van der Waals surface area contributed by atoms with E-state index in [0.29, 0.717) is 77.9 Å². The van der Waals surface area contributed by atoms with E-state index in [1.54, 1.807) is 25.4 Å². The molecule has 4 N–H and O–H groups in total. The maximum absolute atomic E-state index is 13.7. The van der Waals surface area contributed by atoms with Crippen LogP contribution in [0, 0.1) is 5.92 Å². The van der Waals surface area contributed by atoms with Crippen LogP contribution in [0.1, 0.15) is 22.5 Å². The van der Waals surface area contributed by atoms with Crippen LogP contribution in [0.15, 0.2) is 39.9 Å². The summed E-state index contributed by atoms with van der Waals surface area (Å²) in [6.07, 6.45) is 4.11. The van der Waals surface area contributed by atoms with Crippen molar-refractivity contribution in [3.63, 3.8) is 0 Å². The highest BCUT2D eigenvalue weighted by atomic mass is 16.5. The molecular weight excluding hydrogens is 486 g/mol. The molecule has 3 fully saturated rings. The lowest BCUT2D eigenvalue weighted by atomic mass is 10.0. The maximum Gasteiger partial charge on any atom is 0.300 e. The fourth-order valence-corrected chi connectivity index (χ4v) is 5.41. The van der Waals surface area contributed by atoms with Crippen molar-refractivity contribution in [1.82, 2.24) is 20.3 Å². The second-order valence-electron chi connectivity index (χ2n) is 9.62. The van der Waals surface area contributed by atoms with Crippen molar-refractivity contribution in [3.05, 3.63) is 41.7 Å². The van der Waals surface area contributed by atoms with Gasteiger partial charge in [-0.2, -0.15) is 4.98 Å². The Morgan fingerprint density at radius 2 is 2.08 bits per heavy atom. The number of nitrogens with two attached hydrogens (primary N) is 1. The highest BCUT2D eigenvalue weighted by Gasteiger charge is 2.40. The predicted molar refractivity (Wildman–Crippen MR) is 146 cm³/mol. The summed E-state index contributed by atoms with van der Waals surface area (Å²) in [5.74, 6) is 1.23. The molecule has 3 aromatic heterocycles. The average Bonchev–Trinajstić information content (AvgIpc) is 3.67. The van der Waals surface area contributed by atoms with Crippen LogP contribution in [0.2, 0.25) is 0 Å². The minimum absolute atomic E-state index is 0.282. The molecule has 0 saturated carbocycles. The third kappa shape index (κ3) is 4.56. The minimum Gasteiger partial charge on any atom is -0.422 e. The molecule has 0 radical (unpaired) electrons. The summed E-state index contributed by atoms with van der Waals surface area (Å²) >= 11 is 0. The van der Waals surface area contributed by atoms with E-state index >= 15 is 0 Å². The number of aliphatic imine (C=N–C) groups is 1. The van der Waals surface area contributed by atoms with E-state index in [1.165, 1.54) is 6.20 Å². The summed E-state index contributed by atoms with van der Waals surface area (Å²) < 4.78 is 11.5. The van der Waals surface area contributed by atoms with Gasteiger partial charge in [-0.3, -0.25) is 9.79 Å². The van der Waals surface area contributed by atoms with E-state index in [9.17, 15) is 4.79 Å². The quantitative estimate of drug-likeness (QED) is 0.411. The van der Waals surface area contributed by atoms with Crippen molar-refractivity contribution >= 4 is 46.6 Å². The van der Waals surface area contributed by atoms with Crippen LogP contribution in [0.4, 0.5) is 17.7 Å². The van der Waals surface area contributed by atoms with Crippen molar-refractivity contribution < 1.29 is 13.9 Å². The molecule has 3 aromatic rings. The third-order valence-corrected chi connectivity index (χ3v) is 7.33. The Labute approximate surface area is 220 Å². The first-order chi connectivity index (χ1) is 18.6. The fourth-order valence-electron chi connectivity index (χ4n) is 5.41. The van der Waals surface area contributed by atoms with E-state index in [0.717, 1.165) is 26.1 Å². The smallest absolute Gasteiger partial charge is 0.300 e. The van der Waals surface area contributed by atoms with Crippen LogP contribution in [0.3, 0.4) is 0 Å². The molecule has 12 nitrogen and oxygen atoms in total. The number of anilines is 3. The molecule has 3 saturated heterocycles. The number of ether oxygens (including phenoxy) is 1. The summed E-state index contributed by atoms with van der Waals surface area (Å²) in [4.78, 5) is 36.1. The minimum atomic E-state index is -0.319. The van der Waals surface area contributed by atoms with Gasteiger partial charge in [0.15, 0.2) is 5.58 Å². The zero-order valence-electron chi connectivity index (χ0n) is 21.3. The third-order valence-electron chi connectivity index (χ3n) is 7.33. The van der Waals surface area contributed by atoms with Gasteiger partial charge >= 0.3 is 0 Å². The molecule has 0 aliphatic carbocycles. The Morgan fingerprint density at radius 3 is 2.89 bits per heavy atom. The number of pyridine rings is 2. The Hall–Kier alpha value is -4.03. The number of hydrogen-bond donors (Lipinski definition) is 3. The second kappa shape index (κ2) is 10.4. The van der Waals surface area contributed by atoms with E-state index in [4.69, 9.17) is 19.9 Å². The van der Waals surface area contributed by atoms with Gasteiger partial charge in [0.1, 0.15) is 11.6 Å². The summed E-state index contributed by atoms with van der Waals surface area (Å²) in [6.45, 7) is 5.29. The highest BCUT2D eigenvalue weighted by molar-refractivity contribution is 6.10. The predicted octanol–water partition coefficient (Wildman–Crippen LogP) is 1.51. The van der Waals surface area contributed by atoms with E-state index in [-0.39, 0.29) is 11.9 Å². The number of nitrogens with zero attached hydrogens (tertiary/aromatic N) is 6. The van der Waals surface area contributed by atoms with Crippen molar-refractivity contribution in [2.45, 2.75) is 12.5 Å². The van der Waals surface area contributed by atoms with Crippen LogP contribution >= 0.6 is 0 Å². The first-order valence-electron chi connectivity index (χ1n) is 12.9. The fraction of sp³-hybridized carbons (Fsp3) is 0.423. The molecule has 3 aliphatic heterocycles. The molecule has 198 valence electrons. The topological polar surface area (TPSA) is 147 Å². The van der Waals surface area contributed by atoms with Crippen molar-refractivity contribution in [2.24, 2.45) is 16.6 Å². The molecule has 1 amide bonds. The standard InChI is InChI=1S/C26H31N9O3/c1-28-13-17(12-27)19-3-2-4-22(30-19)31-25(36)18-11-21-23(33-26(38-21)34-7-9-37-10-8-34)32-24(18)35-6-5-16-14-29-15-20(16)35/h2-4,11-13,16,20,29H,5-10,14-15,27H2,1H3,(H,30,31,36)/b17-12+,28-13?. The number of nitrogens with one attached hydrogen (secondary N) is 2. The molecule has 2 unspecified atom stereocenters. The lowest BCUT2D eigenvalue weighted by Gasteiger charge is -2.26. The Bertz CT molecular complexity index is 1400. The number of morpholine rings is 1. The zero-order valence-corrected chi connectivity index (χ0v) is 21.3. The Morgan fingerprint density at radius 1 is 1.21 bits per heavy atom. The first-order valence-corrected chi connectivity index (χ1v) is 12.9. The van der Waals surface area contributed by atoms with Gasteiger partial charge in [0, 0.05) is 69.9 Å². The number of hydrogen-bond acceptors (Lipinski definition) is 11. The number of oxazole rings is 1. The van der Waals surface area contributed by atoms with Crippen LogP contribution in [-0.2, 0) is 4.74 Å². The lowest BCUT2D eigenvalue weighted by molar-refractivity contribution is 0.102. The van der Waals surface area contributed by atoms with Crippen molar-refractivity contribution in [2.75, 3.05) is 68.1 Å². The number of fused-ring (bicyclic) bond motifs is 2. The Kier molecular flexibility index (Phi) is 6.64. The molecule has 2 atom stereocenters. The highest BCUT2D eigenvalue weighted by Crippen LogP contribution is 2.35. The number of amides is 1. The summed E-state index contributed by atoms with van der Waals surface area (Å²) in [6, 6.07) is 7.89. The molecule has 3 aliphatic rings. The molecule has 0 spiro atoms. The summed E-state index contributed by atoms with van der Waals surface area (Å²) in [7, 11) is 1.66. The van der Waals surface area contributed by atoms with E-state index in [2.05, 4.69) is 30.5 Å². The average molecular weight is 518 g/mol. The Balaban J connectivity index is 1.36. The monoisotopic (exact) mass is 517 g/mol. The number of allylic oxidation sites excluding steroid dienone is 1. The summed E-state index contributed by atoms with van der Waals surface area (Å²) in [5, 5.41) is 6.41. The second-order valence-corrected chi connectivity index (χ2v) is 9.62. The number of carbonyl (C=O) groups is 1. The van der Waals surface area contributed by atoms with Gasteiger partial charge in [0.05, 0.1) is 24.5 Å². The van der Waals surface area contributed by atoms with Gasteiger partial charge in [-0.25, -0.2) is 9.97 Å². The van der Waals surface area contributed by atoms with Gasteiger partial charge in [-0.15, -0.1) is 0 Å². The number of aromatic nitrogens is 3. The van der Waals surface area contributed by atoms with Crippen LogP contribution in [0.25, 0.3) is 16.8 Å². The van der Waals surface area contributed by atoms with Crippen LogP contribution in [-0.4, -0.2) is 86.1 Å². The number of rotatable bonds is 6. The van der Waals surface area contributed by atoms with Crippen molar-refractivity contribution in [3.8, 4) is 0 Å². The van der Waals surface area contributed by atoms with Gasteiger partial charge in [-0.1, -0.05) is 6.07 Å². The SMILES string of the molecule is CN=C/C(=C\N)c1cccc(NC(=O)c2cc3oc(N4CCOCC4)nc3nc2N2CCC3CNCC32)n1. The normalized spacial score (nSPS) is 22.0. The molecule has 6 heterocycles. The van der Waals surface area contributed by atoms with Crippen LogP contribution in [0.5, 0.6) is 0 Å². The van der Waals surface area contributed by atoms with Gasteiger partial charge in [0.2, 0.25) is 5.65 Å². The van der Waals surface area contributed by atoms with Crippen LogP contribution < -0.4 is 26.2 Å². The van der Waals surface area contributed by atoms with Crippen molar-refractivity contribution in [1.29, 1.82) is 0 Å². The first kappa shape index (κ1) is 24.3. The molecule has 12 heteroatoms. The van der Waals surface area contributed by atoms with Gasteiger partial charge in [-0.05, 0) is 24.5 Å².